The van der Waals surface area contributed by atoms with Crippen LogP contribution in [0.25, 0.3) is 5.65 Å². The fourth-order valence-electron chi connectivity index (χ4n) is 3.04. The van der Waals surface area contributed by atoms with E-state index in [-0.39, 0.29) is 5.54 Å². The van der Waals surface area contributed by atoms with Crippen LogP contribution < -0.4 is 10.6 Å². The Kier molecular flexibility index (Phi) is 2.92. The third-order valence-corrected chi connectivity index (χ3v) is 4.64. The van der Waals surface area contributed by atoms with E-state index >= 15 is 0 Å². The minimum Gasteiger partial charge on any atom is -0.366 e. The van der Waals surface area contributed by atoms with Crippen LogP contribution >= 0.6 is 0 Å². The molecule has 0 bridgehead atoms. The summed E-state index contributed by atoms with van der Waals surface area (Å²) in [6.07, 6.45) is 10.0. The van der Waals surface area contributed by atoms with Gasteiger partial charge in [-0.1, -0.05) is 0 Å². The molecule has 4 rings (SSSR count). The number of fused-ring (bicyclic) bond motifs is 1. The molecule has 0 spiro atoms. The number of aromatic nitrogens is 3. The highest BCUT2D eigenvalue weighted by molar-refractivity contribution is 5.54. The molecule has 0 aromatic carbocycles. The van der Waals surface area contributed by atoms with E-state index in [4.69, 9.17) is 4.98 Å². The lowest BCUT2D eigenvalue weighted by Crippen LogP contribution is -2.50. The van der Waals surface area contributed by atoms with Crippen LogP contribution in [0.3, 0.4) is 0 Å². The minimum atomic E-state index is 0.256. The fourth-order valence-corrected chi connectivity index (χ4v) is 3.04. The maximum Gasteiger partial charge on any atom is 0.161 e. The molecule has 1 atom stereocenters. The monoisotopic (exact) mass is 284 g/mol. The zero-order chi connectivity index (χ0) is 14.4. The standard InChI is InChI=1S/C16H22N5/c1-16(2)7-5-12(9-17-16)19-14-6-8-21-15(20-14)13(10-18-21)11-3-4-11/h6,10-12,17H,3-5,7,9H2,1-2H3,(H,19,20)/t12-/m0/s1. The SMILES string of the molecule is CC1(C)CC[C@H](Nc2c[c]n3ncc(C4CC4)c3n2)CN1. The molecular weight excluding hydrogens is 262 g/mol. The average molecular weight is 284 g/mol. The Hall–Kier alpha value is -1.62. The summed E-state index contributed by atoms with van der Waals surface area (Å²) in [6, 6.07) is 2.34. The zero-order valence-electron chi connectivity index (χ0n) is 12.7. The van der Waals surface area contributed by atoms with E-state index in [9.17, 15) is 0 Å². The Bertz CT molecular complexity index is 646. The first-order valence-electron chi connectivity index (χ1n) is 7.89. The first-order chi connectivity index (χ1) is 10.1. The van der Waals surface area contributed by atoms with E-state index in [1.165, 1.54) is 31.2 Å². The molecule has 2 aliphatic rings. The summed E-state index contributed by atoms with van der Waals surface area (Å²) in [5, 5.41) is 11.5. The normalized spacial score (nSPS) is 25.1. The Labute approximate surface area is 125 Å². The van der Waals surface area contributed by atoms with Gasteiger partial charge in [0.2, 0.25) is 0 Å². The maximum absolute atomic E-state index is 4.76. The Morgan fingerprint density at radius 3 is 2.95 bits per heavy atom. The summed E-state index contributed by atoms with van der Waals surface area (Å²) >= 11 is 0. The van der Waals surface area contributed by atoms with Crippen molar-refractivity contribution in [1.29, 1.82) is 0 Å². The van der Waals surface area contributed by atoms with Gasteiger partial charge < -0.3 is 10.6 Å². The molecule has 2 fully saturated rings. The van der Waals surface area contributed by atoms with Gasteiger partial charge >= 0.3 is 0 Å². The van der Waals surface area contributed by atoms with Crippen LogP contribution in [0, 0.1) is 6.20 Å². The van der Waals surface area contributed by atoms with Crippen LogP contribution in [0.1, 0.15) is 51.0 Å². The Morgan fingerprint density at radius 2 is 2.24 bits per heavy atom. The van der Waals surface area contributed by atoms with Crippen molar-refractivity contribution in [2.75, 3.05) is 11.9 Å². The summed E-state index contributed by atoms with van der Waals surface area (Å²) in [6.45, 7) is 5.50. The van der Waals surface area contributed by atoms with Crippen LogP contribution in [-0.2, 0) is 0 Å². The summed E-state index contributed by atoms with van der Waals surface area (Å²) in [5.41, 5.74) is 2.50. The summed E-state index contributed by atoms with van der Waals surface area (Å²) < 4.78 is 1.76. The number of hydrogen-bond acceptors (Lipinski definition) is 4. The van der Waals surface area contributed by atoms with Gasteiger partial charge in [0.15, 0.2) is 5.65 Å². The van der Waals surface area contributed by atoms with Crippen molar-refractivity contribution >= 4 is 11.5 Å². The van der Waals surface area contributed by atoms with Crippen molar-refractivity contribution in [3.05, 3.63) is 24.0 Å². The molecule has 1 saturated carbocycles. The molecule has 1 aliphatic heterocycles. The third kappa shape index (κ3) is 2.62. The lowest BCUT2D eigenvalue weighted by Gasteiger charge is -2.36. The third-order valence-electron chi connectivity index (χ3n) is 4.64. The van der Waals surface area contributed by atoms with Crippen LogP contribution in [-0.4, -0.2) is 32.7 Å². The molecule has 0 amide bonds. The summed E-state index contributed by atoms with van der Waals surface area (Å²) in [7, 11) is 0. The summed E-state index contributed by atoms with van der Waals surface area (Å²) in [5.74, 6) is 1.58. The van der Waals surface area contributed by atoms with Crippen molar-refractivity contribution < 1.29 is 0 Å². The number of nitrogens with one attached hydrogen (secondary N) is 2. The quantitative estimate of drug-likeness (QED) is 0.908. The smallest absolute Gasteiger partial charge is 0.161 e. The predicted molar refractivity (Wildman–Crippen MR) is 82.5 cm³/mol. The predicted octanol–water partition coefficient (Wildman–Crippen LogP) is 2.35. The van der Waals surface area contributed by atoms with Crippen LogP contribution in [0.5, 0.6) is 0 Å². The topological polar surface area (TPSA) is 54.2 Å². The van der Waals surface area contributed by atoms with Crippen LogP contribution in [0.4, 0.5) is 5.82 Å². The number of piperidine rings is 1. The van der Waals surface area contributed by atoms with Crippen molar-refractivity contribution in [3.63, 3.8) is 0 Å². The second-order valence-electron chi connectivity index (χ2n) is 7.02. The molecule has 1 radical (unpaired) electrons. The number of anilines is 1. The molecule has 5 heteroatoms. The van der Waals surface area contributed by atoms with Crippen molar-refractivity contribution in [3.8, 4) is 0 Å². The van der Waals surface area contributed by atoms with Gasteiger partial charge in [-0.2, -0.15) is 5.10 Å². The van der Waals surface area contributed by atoms with Gasteiger partial charge in [0.1, 0.15) is 5.82 Å². The van der Waals surface area contributed by atoms with E-state index < -0.39 is 0 Å². The molecule has 2 aromatic rings. The van der Waals surface area contributed by atoms with Crippen LogP contribution in [0.2, 0.25) is 0 Å². The molecule has 2 N–H and O–H groups in total. The highest BCUT2D eigenvalue weighted by atomic mass is 15.3. The highest BCUT2D eigenvalue weighted by Crippen LogP contribution is 2.41. The van der Waals surface area contributed by atoms with Gasteiger partial charge in [0.05, 0.1) is 12.4 Å². The van der Waals surface area contributed by atoms with E-state index in [1.54, 1.807) is 4.52 Å². The van der Waals surface area contributed by atoms with E-state index in [0.717, 1.165) is 18.0 Å². The molecule has 2 aromatic heterocycles. The molecule has 111 valence electrons. The van der Waals surface area contributed by atoms with Gasteiger partial charge in [-0.05, 0) is 45.4 Å². The van der Waals surface area contributed by atoms with E-state index in [1.807, 2.05) is 12.3 Å². The fraction of sp³-hybridized carbons (Fsp3) is 0.625. The number of nitrogens with zero attached hydrogens (tertiary/aromatic N) is 3. The van der Waals surface area contributed by atoms with Crippen molar-refractivity contribution in [2.24, 2.45) is 0 Å². The molecule has 21 heavy (non-hydrogen) atoms. The van der Waals surface area contributed by atoms with Gasteiger partial charge in [-0.25, -0.2) is 9.50 Å². The van der Waals surface area contributed by atoms with Crippen molar-refractivity contribution in [1.82, 2.24) is 19.9 Å². The van der Waals surface area contributed by atoms with Crippen LogP contribution in [0.15, 0.2) is 12.3 Å². The molecule has 5 nitrogen and oxygen atoms in total. The lowest BCUT2D eigenvalue weighted by atomic mass is 9.91. The minimum absolute atomic E-state index is 0.256. The molecule has 1 saturated heterocycles. The lowest BCUT2D eigenvalue weighted by molar-refractivity contribution is 0.289. The molecule has 1 aliphatic carbocycles. The second-order valence-corrected chi connectivity index (χ2v) is 7.02. The first kappa shape index (κ1) is 13.1. The van der Waals surface area contributed by atoms with Gasteiger partial charge in [-0.3, -0.25) is 0 Å². The van der Waals surface area contributed by atoms with E-state index in [0.29, 0.717) is 12.0 Å². The Balaban J connectivity index is 1.52. The van der Waals surface area contributed by atoms with Gasteiger partial charge in [-0.15, -0.1) is 0 Å². The Morgan fingerprint density at radius 1 is 1.38 bits per heavy atom. The molecule has 3 heterocycles. The molecular formula is C16H22N5. The maximum atomic E-state index is 4.76. The van der Waals surface area contributed by atoms with E-state index in [2.05, 4.69) is 35.8 Å². The zero-order valence-corrected chi connectivity index (χ0v) is 12.7. The first-order valence-corrected chi connectivity index (χ1v) is 7.89. The van der Waals surface area contributed by atoms with Gasteiger partial charge in [0, 0.05) is 29.8 Å². The average Bonchev–Trinajstić information content (AvgIpc) is 3.21. The largest absolute Gasteiger partial charge is 0.366 e. The second kappa shape index (κ2) is 4.70. The number of hydrogen-bond donors (Lipinski definition) is 2. The number of rotatable bonds is 3. The van der Waals surface area contributed by atoms with Crippen molar-refractivity contribution in [2.45, 2.75) is 57.0 Å². The molecule has 0 unspecified atom stereocenters. The van der Waals surface area contributed by atoms with Gasteiger partial charge in [0.25, 0.3) is 0 Å². The summed E-state index contributed by atoms with van der Waals surface area (Å²) in [4.78, 5) is 4.76. The highest BCUT2D eigenvalue weighted by Gasteiger charge is 2.28.